The second-order valence-corrected chi connectivity index (χ2v) is 6.47. The van der Waals surface area contributed by atoms with Gasteiger partial charge in [0, 0.05) is 29.6 Å². The Bertz CT molecular complexity index is 463. The van der Waals surface area contributed by atoms with Crippen LogP contribution in [0.2, 0.25) is 0 Å². The van der Waals surface area contributed by atoms with Crippen molar-refractivity contribution >= 4 is 21.6 Å². The Kier molecular flexibility index (Phi) is 3.52. The molecule has 19 heavy (non-hydrogen) atoms. The Hall–Kier alpha value is -0.680. The molecule has 1 aromatic carbocycles. The zero-order chi connectivity index (χ0) is 13.5. The van der Waals surface area contributed by atoms with Crippen LogP contribution in [-0.2, 0) is 0 Å². The van der Waals surface area contributed by atoms with Crippen molar-refractivity contribution in [1.82, 2.24) is 5.32 Å². The first-order chi connectivity index (χ1) is 9.10. The van der Waals surface area contributed by atoms with E-state index in [1.807, 2.05) is 4.90 Å². The SMILES string of the molecule is Fc1cc(Br)cc(F)c1N1CCNC2(CCCC2)C1. The zero-order valence-electron chi connectivity index (χ0n) is 10.7. The molecule has 1 N–H and O–H groups in total. The Morgan fingerprint density at radius 2 is 1.79 bits per heavy atom. The number of halogens is 3. The van der Waals surface area contributed by atoms with E-state index < -0.39 is 11.6 Å². The molecule has 0 unspecified atom stereocenters. The van der Waals surface area contributed by atoms with Gasteiger partial charge in [0.25, 0.3) is 0 Å². The lowest BCUT2D eigenvalue weighted by atomic mass is 9.94. The number of piperazine rings is 1. The Labute approximate surface area is 120 Å². The maximum atomic E-state index is 14.0. The van der Waals surface area contributed by atoms with E-state index in [1.54, 1.807) is 0 Å². The molecule has 1 aliphatic carbocycles. The van der Waals surface area contributed by atoms with E-state index in [9.17, 15) is 8.78 Å². The molecular formula is C14H17BrF2N2. The molecule has 1 heterocycles. The predicted octanol–water partition coefficient (Wildman–Crippen LogP) is 3.45. The largest absolute Gasteiger partial charge is 0.364 e. The van der Waals surface area contributed by atoms with Gasteiger partial charge in [-0.1, -0.05) is 28.8 Å². The number of benzene rings is 1. The first-order valence-electron chi connectivity index (χ1n) is 6.74. The lowest BCUT2D eigenvalue weighted by molar-refractivity contribution is 0.301. The second kappa shape index (κ2) is 5.02. The molecule has 2 aliphatic rings. The van der Waals surface area contributed by atoms with Gasteiger partial charge >= 0.3 is 0 Å². The van der Waals surface area contributed by atoms with E-state index in [0.717, 1.165) is 19.4 Å². The Balaban J connectivity index is 1.90. The number of hydrogen-bond acceptors (Lipinski definition) is 2. The number of rotatable bonds is 1. The third kappa shape index (κ3) is 2.50. The van der Waals surface area contributed by atoms with E-state index in [-0.39, 0.29) is 11.2 Å². The fourth-order valence-electron chi connectivity index (χ4n) is 3.37. The highest BCUT2D eigenvalue weighted by Gasteiger charge is 2.38. The van der Waals surface area contributed by atoms with E-state index >= 15 is 0 Å². The summed E-state index contributed by atoms with van der Waals surface area (Å²) in [6, 6.07) is 2.67. The maximum absolute atomic E-state index is 14.0. The van der Waals surface area contributed by atoms with Crippen molar-refractivity contribution in [2.75, 3.05) is 24.5 Å². The smallest absolute Gasteiger partial charge is 0.150 e. The van der Waals surface area contributed by atoms with Crippen molar-refractivity contribution in [3.05, 3.63) is 28.2 Å². The molecule has 0 radical (unpaired) electrons. The number of anilines is 1. The van der Waals surface area contributed by atoms with Crippen molar-refractivity contribution in [2.45, 2.75) is 31.2 Å². The number of nitrogens with zero attached hydrogens (tertiary/aromatic N) is 1. The fourth-order valence-corrected chi connectivity index (χ4v) is 3.77. The van der Waals surface area contributed by atoms with Crippen LogP contribution in [-0.4, -0.2) is 25.2 Å². The van der Waals surface area contributed by atoms with E-state index in [0.29, 0.717) is 17.6 Å². The first-order valence-corrected chi connectivity index (χ1v) is 7.53. The van der Waals surface area contributed by atoms with Gasteiger partial charge in [-0.25, -0.2) is 8.78 Å². The van der Waals surface area contributed by atoms with E-state index in [2.05, 4.69) is 21.2 Å². The van der Waals surface area contributed by atoms with Crippen molar-refractivity contribution in [3.63, 3.8) is 0 Å². The van der Waals surface area contributed by atoms with E-state index in [4.69, 9.17) is 0 Å². The zero-order valence-corrected chi connectivity index (χ0v) is 12.3. The van der Waals surface area contributed by atoms with Crippen molar-refractivity contribution < 1.29 is 8.78 Å². The molecule has 1 aromatic rings. The van der Waals surface area contributed by atoms with Crippen LogP contribution < -0.4 is 10.2 Å². The molecule has 1 saturated heterocycles. The molecule has 1 saturated carbocycles. The number of nitrogens with one attached hydrogen (secondary N) is 1. The summed E-state index contributed by atoms with van der Waals surface area (Å²) >= 11 is 3.12. The summed E-state index contributed by atoms with van der Waals surface area (Å²) in [6.07, 6.45) is 4.60. The summed E-state index contributed by atoms with van der Waals surface area (Å²) in [5.41, 5.74) is 0.181. The summed E-state index contributed by atoms with van der Waals surface area (Å²) in [5, 5.41) is 3.55. The molecule has 104 valence electrons. The molecule has 5 heteroatoms. The molecule has 2 fully saturated rings. The molecule has 1 spiro atoms. The van der Waals surface area contributed by atoms with Crippen LogP contribution in [0.15, 0.2) is 16.6 Å². The molecule has 3 rings (SSSR count). The lowest BCUT2D eigenvalue weighted by Crippen LogP contribution is -2.59. The summed E-state index contributed by atoms with van der Waals surface area (Å²) in [5.74, 6) is -0.969. The summed E-state index contributed by atoms with van der Waals surface area (Å²) < 4.78 is 28.5. The van der Waals surface area contributed by atoms with Gasteiger partial charge in [-0.2, -0.15) is 0 Å². The Morgan fingerprint density at radius 1 is 1.16 bits per heavy atom. The highest BCUT2D eigenvalue weighted by atomic mass is 79.9. The summed E-state index contributed by atoms with van der Waals surface area (Å²) in [6.45, 7) is 2.13. The molecule has 0 bridgehead atoms. The van der Waals surface area contributed by atoms with E-state index in [1.165, 1.54) is 25.0 Å². The standard InChI is InChI=1S/C14H17BrF2N2/c15-10-7-11(16)13(12(17)8-10)19-6-5-18-14(9-19)3-1-2-4-14/h7-8,18H,1-6,9H2. The fraction of sp³-hybridized carbons (Fsp3) is 0.571. The summed E-state index contributed by atoms with van der Waals surface area (Å²) in [4.78, 5) is 1.86. The van der Waals surface area contributed by atoms with Gasteiger partial charge in [-0.05, 0) is 25.0 Å². The van der Waals surface area contributed by atoms with Gasteiger partial charge in [0.2, 0.25) is 0 Å². The first kappa shape index (κ1) is 13.3. The second-order valence-electron chi connectivity index (χ2n) is 5.55. The average molecular weight is 331 g/mol. The molecule has 0 amide bonds. The molecule has 2 nitrogen and oxygen atoms in total. The third-order valence-corrected chi connectivity index (χ3v) is 4.69. The lowest BCUT2D eigenvalue weighted by Gasteiger charge is -2.42. The number of hydrogen-bond donors (Lipinski definition) is 1. The minimum atomic E-state index is -0.484. The third-order valence-electron chi connectivity index (χ3n) is 4.23. The minimum absolute atomic E-state index is 0.0597. The van der Waals surface area contributed by atoms with Crippen LogP contribution in [0.3, 0.4) is 0 Å². The van der Waals surface area contributed by atoms with Gasteiger partial charge in [0.15, 0.2) is 11.6 Å². The van der Waals surface area contributed by atoms with Crippen molar-refractivity contribution in [2.24, 2.45) is 0 Å². The van der Waals surface area contributed by atoms with Crippen LogP contribution in [0, 0.1) is 11.6 Å². The van der Waals surface area contributed by atoms with Gasteiger partial charge in [-0.15, -0.1) is 0 Å². The van der Waals surface area contributed by atoms with Crippen LogP contribution >= 0.6 is 15.9 Å². The minimum Gasteiger partial charge on any atom is -0.364 e. The maximum Gasteiger partial charge on any atom is 0.150 e. The molecule has 0 atom stereocenters. The molecule has 0 aromatic heterocycles. The van der Waals surface area contributed by atoms with Crippen molar-refractivity contribution in [1.29, 1.82) is 0 Å². The van der Waals surface area contributed by atoms with Gasteiger partial charge in [0.05, 0.1) is 0 Å². The monoisotopic (exact) mass is 330 g/mol. The normalized spacial score (nSPS) is 22.2. The van der Waals surface area contributed by atoms with Crippen LogP contribution in [0.1, 0.15) is 25.7 Å². The summed E-state index contributed by atoms with van der Waals surface area (Å²) in [7, 11) is 0. The van der Waals surface area contributed by atoms with Crippen LogP contribution in [0.5, 0.6) is 0 Å². The van der Waals surface area contributed by atoms with Gasteiger partial charge in [-0.3, -0.25) is 0 Å². The molecule has 1 aliphatic heterocycles. The quantitative estimate of drug-likeness (QED) is 0.848. The van der Waals surface area contributed by atoms with Crippen LogP contribution in [0.25, 0.3) is 0 Å². The highest BCUT2D eigenvalue weighted by Crippen LogP contribution is 2.35. The highest BCUT2D eigenvalue weighted by molar-refractivity contribution is 9.10. The van der Waals surface area contributed by atoms with Crippen LogP contribution in [0.4, 0.5) is 14.5 Å². The topological polar surface area (TPSA) is 15.3 Å². The van der Waals surface area contributed by atoms with Crippen molar-refractivity contribution in [3.8, 4) is 0 Å². The van der Waals surface area contributed by atoms with Gasteiger partial charge in [0.1, 0.15) is 5.69 Å². The predicted molar refractivity (Wildman–Crippen MR) is 75.5 cm³/mol. The Morgan fingerprint density at radius 3 is 2.42 bits per heavy atom. The molecular weight excluding hydrogens is 314 g/mol. The van der Waals surface area contributed by atoms with Gasteiger partial charge < -0.3 is 10.2 Å². The average Bonchev–Trinajstić information content (AvgIpc) is 2.76.